The molecule has 0 atom stereocenters. The van der Waals surface area contributed by atoms with Crippen molar-refractivity contribution in [3.05, 3.63) is 74.7 Å². The second-order valence-corrected chi connectivity index (χ2v) is 10.8. The minimum Gasteiger partial charge on any atom is -0.366 e. The number of benzene rings is 2. The van der Waals surface area contributed by atoms with Crippen molar-refractivity contribution in [3.8, 4) is 0 Å². The van der Waals surface area contributed by atoms with E-state index in [4.69, 9.17) is 0 Å². The van der Waals surface area contributed by atoms with Crippen LogP contribution in [-0.4, -0.2) is 38.2 Å². The number of hydrogen-bond donors (Lipinski definition) is 0. The number of aliphatic imine (C=N–C) groups is 1. The minimum absolute atomic E-state index is 0. The molecule has 2 aromatic carbocycles. The third kappa shape index (κ3) is 7.81. The molecule has 0 amide bonds. The number of thiazole rings is 1. The third-order valence-electron chi connectivity index (χ3n) is 5.21. The maximum atomic E-state index is 12.7. The lowest BCUT2D eigenvalue weighted by Crippen LogP contribution is -2.14. The number of hydrogen-bond acceptors (Lipinski definition) is 5. The molecule has 0 saturated heterocycles. The van der Waals surface area contributed by atoms with Crippen LogP contribution < -0.4 is 0 Å². The first-order valence-electron chi connectivity index (χ1n) is 10.2. The predicted octanol–water partition coefficient (Wildman–Crippen LogP) is 6.09. The maximum Gasteiger partial charge on any atom is 0.184 e. The lowest BCUT2D eigenvalue weighted by molar-refractivity contribution is 0.552. The minimum atomic E-state index is -3.40. The van der Waals surface area contributed by atoms with Gasteiger partial charge in [-0.15, -0.1) is 36.2 Å². The zero-order chi connectivity index (χ0) is 22.6. The van der Waals surface area contributed by atoms with E-state index in [1.165, 1.54) is 16.9 Å². The molecular formula is C24H31Cl2N3O2S2. The Hall–Kier alpha value is -1.93. The molecule has 0 saturated carbocycles. The molecule has 0 fully saturated rings. The van der Waals surface area contributed by atoms with Crippen LogP contribution in [-0.2, 0) is 22.0 Å². The van der Waals surface area contributed by atoms with E-state index in [-0.39, 0.29) is 30.6 Å². The van der Waals surface area contributed by atoms with Crippen molar-refractivity contribution >= 4 is 58.0 Å². The zero-order valence-corrected chi connectivity index (χ0v) is 22.8. The summed E-state index contributed by atoms with van der Waals surface area (Å²) < 4.78 is 25.4. The summed E-state index contributed by atoms with van der Waals surface area (Å²) in [6.07, 6.45) is 2.53. The van der Waals surface area contributed by atoms with Gasteiger partial charge in [-0.05, 0) is 62.6 Å². The Labute approximate surface area is 213 Å². The number of halogens is 2. The molecule has 33 heavy (non-hydrogen) atoms. The normalized spacial score (nSPS) is 11.2. The number of rotatable bonds is 8. The summed E-state index contributed by atoms with van der Waals surface area (Å²) >= 11 is 1.51. The van der Waals surface area contributed by atoms with Gasteiger partial charge in [0.2, 0.25) is 0 Å². The lowest BCUT2D eigenvalue weighted by atomic mass is 10.0. The molecule has 0 radical (unpaired) electrons. The zero-order valence-electron chi connectivity index (χ0n) is 19.5. The molecule has 0 bridgehead atoms. The molecule has 3 rings (SSSR count). The first kappa shape index (κ1) is 29.1. The predicted molar refractivity (Wildman–Crippen MR) is 144 cm³/mol. The van der Waals surface area contributed by atoms with Crippen molar-refractivity contribution in [3.63, 3.8) is 0 Å². The summed E-state index contributed by atoms with van der Waals surface area (Å²) in [6.45, 7) is 9.07. The lowest BCUT2D eigenvalue weighted by Gasteiger charge is -2.11. The summed E-state index contributed by atoms with van der Waals surface area (Å²) in [5, 5.41) is 2.77. The Morgan fingerprint density at radius 1 is 1.06 bits per heavy atom. The fraction of sp³-hybridized carbons (Fsp3) is 0.333. The van der Waals surface area contributed by atoms with Crippen molar-refractivity contribution in [1.29, 1.82) is 0 Å². The van der Waals surface area contributed by atoms with Crippen LogP contribution in [0.5, 0.6) is 0 Å². The molecule has 9 heteroatoms. The van der Waals surface area contributed by atoms with E-state index in [2.05, 4.69) is 42.9 Å². The van der Waals surface area contributed by atoms with Gasteiger partial charge in [0.1, 0.15) is 0 Å². The molecule has 0 spiro atoms. The molecule has 0 aliphatic heterocycles. The average Bonchev–Trinajstić information content (AvgIpc) is 3.15. The van der Waals surface area contributed by atoms with Gasteiger partial charge in [0, 0.05) is 25.4 Å². The van der Waals surface area contributed by atoms with Gasteiger partial charge in [-0.25, -0.2) is 18.4 Å². The van der Waals surface area contributed by atoms with E-state index in [9.17, 15) is 8.42 Å². The van der Waals surface area contributed by atoms with Crippen LogP contribution in [0.4, 0.5) is 5.69 Å². The molecule has 0 aliphatic carbocycles. The molecule has 5 nitrogen and oxygen atoms in total. The van der Waals surface area contributed by atoms with E-state index in [1.807, 2.05) is 42.7 Å². The molecule has 0 N–H and O–H groups in total. The van der Waals surface area contributed by atoms with Gasteiger partial charge < -0.3 is 4.90 Å². The first-order chi connectivity index (χ1) is 14.7. The summed E-state index contributed by atoms with van der Waals surface area (Å²) in [7, 11) is -1.40. The Balaban J connectivity index is 0.00000272. The van der Waals surface area contributed by atoms with Gasteiger partial charge in [-0.2, -0.15) is 0 Å². The van der Waals surface area contributed by atoms with Crippen LogP contribution in [0.2, 0.25) is 0 Å². The molecule has 0 unspecified atom stereocenters. The molecule has 0 aliphatic rings. The van der Waals surface area contributed by atoms with Crippen LogP contribution in [0.25, 0.3) is 0 Å². The van der Waals surface area contributed by atoms with Crippen molar-refractivity contribution in [2.24, 2.45) is 4.99 Å². The Bertz CT molecular complexity index is 1190. The highest BCUT2D eigenvalue weighted by Gasteiger charge is 2.17. The SMILES string of the molecule is CCN(C)/C=N\c1cc(C)c(Cc2nc(CS(=O)(=O)c3ccc(C)cc3)cs2)cc1C.Cl.Cl. The standard InChI is InChI=1S/C24H29N3O2S2.2ClH/c1-6-27(5)16-25-23-12-18(3)20(11-19(23)4)13-24-26-21(14-30-24)15-31(28,29)22-9-7-17(2)8-10-22;;/h7-12,14,16H,6,13,15H2,1-5H3;2*1H/b25-16-;;. The quantitative estimate of drug-likeness (QED) is 0.262. The van der Waals surface area contributed by atoms with Crippen molar-refractivity contribution in [2.45, 2.75) is 44.8 Å². The van der Waals surface area contributed by atoms with E-state index in [0.717, 1.165) is 33.9 Å². The Kier molecular flexibility index (Phi) is 11.0. The summed E-state index contributed by atoms with van der Waals surface area (Å²) in [4.78, 5) is 11.6. The van der Waals surface area contributed by atoms with Gasteiger partial charge in [0.15, 0.2) is 9.84 Å². The van der Waals surface area contributed by atoms with Gasteiger partial charge in [-0.1, -0.05) is 23.8 Å². The van der Waals surface area contributed by atoms with Crippen LogP contribution in [0.15, 0.2) is 51.7 Å². The average molecular weight is 529 g/mol. The van der Waals surface area contributed by atoms with E-state index < -0.39 is 9.84 Å². The van der Waals surface area contributed by atoms with Gasteiger partial charge in [0.25, 0.3) is 0 Å². The summed E-state index contributed by atoms with van der Waals surface area (Å²) in [5.41, 5.74) is 6.04. The molecule has 1 aromatic heterocycles. The second-order valence-electron chi connectivity index (χ2n) is 7.86. The van der Waals surface area contributed by atoms with Crippen molar-refractivity contribution < 1.29 is 8.42 Å². The van der Waals surface area contributed by atoms with Gasteiger partial charge in [-0.3, -0.25) is 0 Å². The summed E-state index contributed by atoms with van der Waals surface area (Å²) in [5.74, 6) is -0.0802. The van der Waals surface area contributed by atoms with Crippen LogP contribution >= 0.6 is 36.2 Å². The fourth-order valence-corrected chi connectivity index (χ4v) is 5.29. The van der Waals surface area contributed by atoms with Crippen LogP contribution in [0, 0.1) is 20.8 Å². The Morgan fingerprint density at radius 2 is 1.73 bits per heavy atom. The Morgan fingerprint density at radius 3 is 2.36 bits per heavy atom. The first-order valence-corrected chi connectivity index (χ1v) is 12.8. The molecule has 1 heterocycles. The number of sulfone groups is 1. The largest absolute Gasteiger partial charge is 0.366 e. The van der Waals surface area contributed by atoms with Crippen molar-refractivity contribution in [2.75, 3.05) is 13.6 Å². The van der Waals surface area contributed by atoms with Crippen LogP contribution in [0.3, 0.4) is 0 Å². The molecule has 180 valence electrons. The topological polar surface area (TPSA) is 62.6 Å². The van der Waals surface area contributed by atoms with E-state index in [0.29, 0.717) is 17.0 Å². The highest BCUT2D eigenvalue weighted by atomic mass is 35.5. The van der Waals surface area contributed by atoms with Gasteiger partial charge >= 0.3 is 0 Å². The molecule has 3 aromatic rings. The number of aryl methyl sites for hydroxylation is 3. The highest BCUT2D eigenvalue weighted by molar-refractivity contribution is 7.90. The molecular weight excluding hydrogens is 497 g/mol. The smallest absolute Gasteiger partial charge is 0.184 e. The van der Waals surface area contributed by atoms with E-state index in [1.54, 1.807) is 12.1 Å². The van der Waals surface area contributed by atoms with Crippen LogP contribution in [0.1, 0.15) is 39.9 Å². The van der Waals surface area contributed by atoms with Gasteiger partial charge in [0.05, 0.1) is 33.4 Å². The third-order valence-corrected chi connectivity index (χ3v) is 7.77. The van der Waals surface area contributed by atoms with E-state index >= 15 is 0 Å². The second kappa shape index (κ2) is 12.5. The fourth-order valence-electron chi connectivity index (χ4n) is 3.12. The maximum absolute atomic E-state index is 12.7. The monoisotopic (exact) mass is 527 g/mol. The summed E-state index contributed by atoms with van der Waals surface area (Å²) in [6, 6.07) is 11.2. The highest BCUT2D eigenvalue weighted by Crippen LogP contribution is 2.26. The van der Waals surface area contributed by atoms with Crippen molar-refractivity contribution in [1.82, 2.24) is 9.88 Å². The number of aromatic nitrogens is 1. The number of nitrogens with zero attached hydrogens (tertiary/aromatic N) is 3.